The van der Waals surface area contributed by atoms with E-state index in [1.54, 1.807) is 0 Å². The predicted molar refractivity (Wildman–Crippen MR) is 151 cm³/mol. The third-order valence-electron chi connectivity index (χ3n) is 6.70. The van der Waals surface area contributed by atoms with Crippen molar-refractivity contribution >= 4 is 21.9 Å². The van der Waals surface area contributed by atoms with Crippen LogP contribution in [0.3, 0.4) is 0 Å². The molecule has 2 heterocycles. The smallest absolute Gasteiger partial charge is 0.160 e. The number of rotatable bonds is 4. The van der Waals surface area contributed by atoms with E-state index in [0.717, 1.165) is 50.0 Å². The van der Waals surface area contributed by atoms with Gasteiger partial charge in [-0.15, -0.1) is 0 Å². The van der Waals surface area contributed by atoms with Gasteiger partial charge in [-0.3, -0.25) is 0 Å². The van der Waals surface area contributed by atoms with Crippen LogP contribution in [0, 0.1) is 0 Å². The summed E-state index contributed by atoms with van der Waals surface area (Å²) in [6, 6.07) is 45.6. The van der Waals surface area contributed by atoms with E-state index >= 15 is 0 Å². The largest absolute Gasteiger partial charge is 0.456 e. The Morgan fingerprint density at radius 1 is 0.378 bits per heavy atom. The molecule has 2 aromatic heterocycles. The lowest BCUT2D eigenvalue weighted by Crippen LogP contribution is -1.95. The maximum absolute atomic E-state index is 6.28. The highest BCUT2D eigenvalue weighted by molar-refractivity contribution is 6.07. The van der Waals surface area contributed by atoms with Crippen LogP contribution in [-0.2, 0) is 0 Å². The van der Waals surface area contributed by atoms with Gasteiger partial charge in [0.2, 0.25) is 0 Å². The monoisotopic (exact) mass is 474 g/mol. The Morgan fingerprint density at radius 2 is 0.946 bits per heavy atom. The van der Waals surface area contributed by atoms with Crippen molar-refractivity contribution < 1.29 is 4.42 Å². The summed E-state index contributed by atoms with van der Waals surface area (Å²) < 4.78 is 6.28. The maximum atomic E-state index is 6.28. The van der Waals surface area contributed by atoms with Crippen molar-refractivity contribution in [1.82, 2.24) is 9.97 Å². The first-order chi connectivity index (χ1) is 18.3. The number of benzene rings is 5. The van der Waals surface area contributed by atoms with Gasteiger partial charge < -0.3 is 4.42 Å². The molecule has 0 unspecified atom stereocenters. The van der Waals surface area contributed by atoms with Crippen LogP contribution in [0.25, 0.3) is 67.0 Å². The summed E-state index contributed by atoms with van der Waals surface area (Å²) >= 11 is 0. The summed E-state index contributed by atoms with van der Waals surface area (Å²) in [5.74, 6) is 0.674. The molecule has 0 amide bonds. The molecule has 3 nitrogen and oxygen atoms in total. The molecule has 0 aliphatic carbocycles. The van der Waals surface area contributed by atoms with Crippen LogP contribution >= 0.6 is 0 Å². The van der Waals surface area contributed by atoms with E-state index in [0.29, 0.717) is 5.82 Å². The number of hydrogen-bond acceptors (Lipinski definition) is 3. The normalized spacial score (nSPS) is 11.2. The van der Waals surface area contributed by atoms with Gasteiger partial charge in [-0.2, -0.15) is 0 Å². The van der Waals surface area contributed by atoms with E-state index in [1.807, 2.05) is 42.5 Å². The quantitative estimate of drug-likeness (QED) is 0.255. The summed E-state index contributed by atoms with van der Waals surface area (Å²) in [7, 11) is 0. The first-order valence-electron chi connectivity index (χ1n) is 12.3. The number of hydrogen-bond donors (Lipinski definition) is 0. The van der Waals surface area contributed by atoms with Gasteiger partial charge in [0.05, 0.1) is 11.4 Å². The Kier molecular flexibility index (Phi) is 5.11. The minimum Gasteiger partial charge on any atom is -0.456 e. The molecule has 174 valence electrons. The molecule has 0 saturated heterocycles. The Morgan fingerprint density at radius 3 is 1.57 bits per heavy atom. The highest BCUT2D eigenvalue weighted by Gasteiger charge is 2.14. The lowest BCUT2D eigenvalue weighted by molar-refractivity contribution is 0.669. The van der Waals surface area contributed by atoms with Gasteiger partial charge in [0, 0.05) is 27.5 Å². The molecule has 0 radical (unpaired) electrons. The Labute approximate surface area is 214 Å². The van der Waals surface area contributed by atoms with E-state index in [1.165, 1.54) is 11.1 Å². The highest BCUT2D eigenvalue weighted by Crippen LogP contribution is 2.35. The van der Waals surface area contributed by atoms with Crippen LogP contribution in [0.2, 0.25) is 0 Å². The molecule has 0 saturated carbocycles. The van der Waals surface area contributed by atoms with Crippen molar-refractivity contribution in [2.45, 2.75) is 0 Å². The zero-order valence-electron chi connectivity index (χ0n) is 20.0. The van der Waals surface area contributed by atoms with Crippen molar-refractivity contribution in [2.75, 3.05) is 0 Å². The fourth-order valence-electron chi connectivity index (χ4n) is 4.82. The molecule has 7 aromatic rings. The first-order valence-corrected chi connectivity index (χ1v) is 12.3. The van der Waals surface area contributed by atoms with Gasteiger partial charge in [-0.1, -0.05) is 103 Å². The highest BCUT2D eigenvalue weighted by atomic mass is 16.3. The number of fused-ring (bicyclic) bond motifs is 3. The fraction of sp³-hybridized carbons (Fsp3) is 0. The van der Waals surface area contributed by atoms with Crippen LogP contribution < -0.4 is 0 Å². The van der Waals surface area contributed by atoms with Crippen molar-refractivity contribution in [3.8, 4) is 45.0 Å². The Balaban J connectivity index is 1.37. The molecule has 0 atom stereocenters. The van der Waals surface area contributed by atoms with Crippen LogP contribution in [0.15, 0.2) is 138 Å². The average Bonchev–Trinajstić information content (AvgIpc) is 3.35. The summed E-state index contributed by atoms with van der Waals surface area (Å²) in [6.45, 7) is 0. The van der Waals surface area contributed by atoms with Crippen molar-refractivity contribution in [2.24, 2.45) is 0 Å². The average molecular weight is 475 g/mol. The van der Waals surface area contributed by atoms with Crippen molar-refractivity contribution in [1.29, 1.82) is 0 Å². The van der Waals surface area contributed by atoms with Crippen LogP contribution in [0.5, 0.6) is 0 Å². The summed E-state index contributed by atoms with van der Waals surface area (Å²) in [6.07, 6.45) is 0. The van der Waals surface area contributed by atoms with Gasteiger partial charge in [-0.05, 0) is 41.5 Å². The minimum atomic E-state index is 0.674. The third-order valence-corrected chi connectivity index (χ3v) is 6.70. The lowest BCUT2D eigenvalue weighted by Gasteiger charge is -2.09. The SMILES string of the molecule is c1ccc(-c2ccc3oc4cc(-c5nc(-c6ccccc6)cc(-c6ccccc6)n5)ccc4c3c2)cc1. The molecular formula is C34H22N2O. The molecule has 7 rings (SSSR count). The van der Waals surface area contributed by atoms with Gasteiger partial charge in [-0.25, -0.2) is 9.97 Å². The van der Waals surface area contributed by atoms with Crippen molar-refractivity contribution in [3.05, 3.63) is 133 Å². The van der Waals surface area contributed by atoms with Gasteiger partial charge >= 0.3 is 0 Å². The van der Waals surface area contributed by atoms with Gasteiger partial charge in [0.1, 0.15) is 11.2 Å². The molecular weight excluding hydrogens is 452 g/mol. The van der Waals surface area contributed by atoms with E-state index in [4.69, 9.17) is 14.4 Å². The van der Waals surface area contributed by atoms with E-state index in [9.17, 15) is 0 Å². The topological polar surface area (TPSA) is 38.9 Å². The Bertz CT molecular complexity index is 1800. The van der Waals surface area contributed by atoms with E-state index < -0.39 is 0 Å². The molecule has 0 aliphatic rings. The van der Waals surface area contributed by atoms with E-state index in [2.05, 4.69) is 91.0 Å². The van der Waals surface area contributed by atoms with Crippen molar-refractivity contribution in [3.63, 3.8) is 0 Å². The van der Waals surface area contributed by atoms with Crippen LogP contribution in [-0.4, -0.2) is 9.97 Å². The molecule has 0 fully saturated rings. The molecule has 0 spiro atoms. The third kappa shape index (κ3) is 3.97. The van der Waals surface area contributed by atoms with E-state index in [-0.39, 0.29) is 0 Å². The zero-order valence-corrected chi connectivity index (χ0v) is 20.0. The van der Waals surface area contributed by atoms with Crippen LogP contribution in [0.1, 0.15) is 0 Å². The Hall–Kier alpha value is -5.02. The molecule has 0 bridgehead atoms. The standard InChI is InChI=1S/C34H22N2O/c1-4-10-23(11-5-1)26-17-19-32-29(20-26)28-18-16-27(21-33(28)37-32)34-35-30(24-12-6-2-7-13-24)22-31(36-34)25-14-8-3-9-15-25/h1-22H. The number of furan rings is 1. The summed E-state index contributed by atoms with van der Waals surface area (Å²) in [5, 5.41) is 2.19. The zero-order chi connectivity index (χ0) is 24.6. The molecule has 0 N–H and O–H groups in total. The van der Waals surface area contributed by atoms with Crippen LogP contribution in [0.4, 0.5) is 0 Å². The summed E-state index contributed by atoms with van der Waals surface area (Å²) in [4.78, 5) is 9.92. The first kappa shape index (κ1) is 21.3. The lowest BCUT2D eigenvalue weighted by atomic mass is 10.0. The number of nitrogens with zero attached hydrogens (tertiary/aromatic N) is 2. The fourth-order valence-corrected chi connectivity index (χ4v) is 4.82. The molecule has 37 heavy (non-hydrogen) atoms. The molecule has 5 aromatic carbocycles. The molecule has 3 heteroatoms. The predicted octanol–water partition coefficient (Wildman–Crippen LogP) is 9.04. The second-order valence-corrected chi connectivity index (χ2v) is 9.08. The minimum absolute atomic E-state index is 0.674. The molecule has 0 aliphatic heterocycles. The summed E-state index contributed by atoms with van der Waals surface area (Å²) in [5.41, 5.74) is 8.88. The van der Waals surface area contributed by atoms with Gasteiger partial charge in [0.15, 0.2) is 5.82 Å². The second kappa shape index (κ2) is 8.89. The number of aromatic nitrogens is 2. The maximum Gasteiger partial charge on any atom is 0.160 e. The second-order valence-electron chi connectivity index (χ2n) is 9.08. The van der Waals surface area contributed by atoms with Gasteiger partial charge in [0.25, 0.3) is 0 Å².